The zero-order valence-electron chi connectivity index (χ0n) is 10.7. The highest BCUT2D eigenvalue weighted by molar-refractivity contribution is 7.09. The lowest BCUT2D eigenvalue weighted by Crippen LogP contribution is -2.16. The molecule has 1 N–H and O–H groups in total. The van der Waals surface area contributed by atoms with E-state index in [1.165, 1.54) is 21.2 Å². The van der Waals surface area contributed by atoms with Crippen LogP contribution in [0.5, 0.6) is 0 Å². The SMILES string of the molecule is c1csc(CCNCc2ccc3cnccc3c2)c1. The van der Waals surface area contributed by atoms with Crippen molar-refractivity contribution in [3.05, 3.63) is 64.6 Å². The van der Waals surface area contributed by atoms with Gasteiger partial charge in [0.05, 0.1) is 0 Å². The smallest absolute Gasteiger partial charge is 0.0346 e. The van der Waals surface area contributed by atoms with Crippen LogP contribution in [0.15, 0.2) is 54.2 Å². The van der Waals surface area contributed by atoms with Gasteiger partial charge in [-0.15, -0.1) is 11.3 Å². The lowest BCUT2D eigenvalue weighted by Gasteiger charge is -2.05. The van der Waals surface area contributed by atoms with Crippen LogP contribution < -0.4 is 5.32 Å². The molecule has 96 valence electrons. The summed E-state index contributed by atoms with van der Waals surface area (Å²) in [5.74, 6) is 0. The first-order valence-corrected chi connectivity index (χ1v) is 7.35. The minimum Gasteiger partial charge on any atom is -0.312 e. The Morgan fingerprint density at radius 2 is 2.11 bits per heavy atom. The number of rotatable bonds is 5. The number of nitrogens with zero attached hydrogens (tertiary/aromatic N) is 1. The van der Waals surface area contributed by atoms with Gasteiger partial charge in [-0.05, 0) is 40.9 Å². The molecule has 0 bridgehead atoms. The third-order valence-corrected chi connectivity index (χ3v) is 4.10. The second-order valence-electron chi connectivity index (χ2n) is 4.56. The van der Waals surface area contributed by atoms with Gasteiger partial charge in [-0.3, -0.25) is 4.98 Å². The fourth-order valence-electron chi connectivity index (χ4n) is 2.14. The molecule has 0 spiro atoms. The van der Waals surface area contributed by atoms with Gasteiger partial charge < -0.3 is 5.32 Å². The van der Waals surface area contributed by atoms with Crippen LogP contribution in [0, 0.1) is 0 Å². The van der Waals surface area contributed by atoms with Crippen molar-refractivity contribution in [3.8, 4) is 0 Å². The van der Waals surface area contributed by atoms with Crippen molar-refractivity contribution in [1.29, 1.82) is 0 Å². The Labute approximate surface area is 117 Å². The molecule has 3 heteroatoms. The first-order chi connectivity index (χ1) is 9.42. The molecule has 3 aromatic rings. The Kier molecular flexibility index (Phi) is 3.86. The quantitative estimate of drug-likeness (QED) is 0.715. The number of hydrogen-bond donors (Lipinski definition) is 1. The van der Waals surface area contributed by atoms with E-state index in [0.717, 1.165) is 19.5 Å². The van der Waals surface area contributed by atoms with E-state index < -0.39 is 0 Å². The van der Waals surface area contributed by atoms with Crippen LogP contribution in [0.1, 0.15) is 10.4 Å². The van der Waals surface area contributed by atoms with Gasteiger partial charge in [-0.2, -0.15) is 0 Å². The number of pyridine rings is 1. The van der Waals surface area contributed by atoms with Crippen molar-refractivity contribution in [3.63, 3.8) is 0 Å². The Balaban J connectivity index is 1.56. The first-order valence-electron chi connectivity index (χ1n) is 6.47. The maximum atomic E-state index is 4.13. The molecule has 0 saturated heterocycles. The molecule has 0 atom stereocenters. The summed E-state index contributed by atoms with van der Waals surface area (Å²) >= 11 is 1.82. The topological polar surface area (TPSA) is 24.9 Å². The number of fused-ring (bicyclic) bond motifs is 1. The normalized spacial score (nSPS) is 10.9. The Morgan fingerprint density at radius 1 is 1.11 bits per heavy atom. The van der Waals surface area contributed by atoms with Gasteiger partial charge in [-0.1, -0.05) is 18.2 Å². The van der Waals surface area contributed by atoms with E-state index in [9.17, 15) is 0 Å². The van der Waals surface area contributed by atoms with Crippen molar-refractivity contribution in [2.75, 3.05) is 6.54 Å². The summed E-state index contributed by atoms with van der Waals surface area (Å²) in [6, 6.07) is 12.9. The Morgan fingerprint density at radius 3 is 3.00 bits per heavy atom. The standard InChI is InChI=1S/C16H16N2S/c1-2-16(19-9-1)6-8-17-11-13-3-4-15-12-18-7-5-14(15)10-13/h1-5,7,9-10,12,17H,6,8,11H2. The minimum atomic E-state index is 0.920. The molecular formula is C16H16N2S. The molecule has 0 aliphatic heterocycles. The van der Waals surface area contributed by atoms with Crippen LogP contribution in [0.2, 0.25) is 0 Å². The highest BCUT2D eigenvalue weighted by Gasteiger charge is 1.97. The molecule has 2 aromatic heterocycles. The van der Waals surface area contributed by atoms with Crippen LogP contribution in [-0.4, -0.2) is 11.5 Å². The molecule has 0 unspecified atom stereocenters. The molecule has 0 fully saturated rings. The van der Waals surface area contributed by atoms with Crippen molar-refractivity contribution < 1.29 is 0 Å². The van der Waals surface area contributed by atoms with Crippen LogP contribution in [0.4, 0.5) is 0 Å². The predicted molar refractivity (Wildman–Crippen MR) is 81.5 cm³/mol. The minimum absolute atomic E-state index is 0.920. The molecular weight excluding hydrogens is 252 g/mol. The number of thiophene rings is 1. The van der Waals surface area contributed by atoms with E-state index in [1.54, 1.807) is 0 Å². The molecule has 0 aliphatic rings. The highest BCUT2D eigenvalue weighted by Crippen LogP contribution is 2.14. The highest BCUT2D eigenvalue weighted by atomic mass is 32.1. The van der Waals surface area contributed by atoms with Gasteiger partial charge >= 0.3 is 0 Å². The van der Waals surface area contributed by atoms with Crippen LogP contribution in [0.3, 0.4) is 0 Å². The van der Waals surface area contributed by atoms with Gasteiger partial charge in [-0.25, -0.2) is 0 Å². The molecule has 0 amide bonds. The number of hydrogen-bond acceptors (Lipinski definition) is 3. The molecule has 19 heavy (non-hydrogen) atoms. The van der Waals surface area contributed by atoms with Crippen molar-refractivity contribution in [2.45, 2.75) is 13.0 Å². The van der Waals surface area contributed by atoms with Gasteiger partial charge in [0, 0.05) is 35.7 Å². The fraction of sp³-hybridized carbons (Fsp3) is 0.188. The predicted octanol–water partition coefficient (Wildman–Crippen LogP) is 3.63. The number of benzene rings is 1. The molecule has 2 heterocycles. The molecule has 0 saturated carbocycles. The average molecular weight is 268 g/mol. The van der Waals surface area contributed by atoms with Crippen molar-refractivity contribution in [1.82, 2.24) is 10.3 Å². The third kappa shape index (κ3) is 3.19. The number of nitrogens with one attached hydrogen (secondary N) is 1. The van der Waals surface area contributed by atoms with Crippen LogP contribution in [0.25, 0.3) is 10.8 Å². The Hall–Kier alpha value is -1.71. The van der Waals surface area contributed by atoms with Crippen molar-refractivity contribution in [2.24, 2.45) is 0 Å². The van der Waals surface area contributed by atoms with Crippen LogP contribution >= 0.6 is 11.3 Å². The second kappa shape index (κ2) is 5.95. The zero-order valence-corrected chi connectivity index (χ0v) is 11.5. The zero-order chi connectivity index (χ0) is 12.9. The fourth-order valence-corrected chi connectivity index (χ4v) is 2.85. The second-order valence-corrected chi connectivity index (χ2v) is 5.60. The first kappa shape index (κ1) is 12.3. The van der Waals surface area contributed by atoms with Gasteiger partial charge in [0.15, 0.2) is 0 Å². The summed E-state index contributed by atoms with van der Waals surface area (Å²) in [4.78, 5) is 5.57. The number of aromatic nitrogens is 1. The van der Waals surface area contributed by atoms with Gasteiger partial charge in [0.2, 0.25) is 0 Å². The van der Waals surface area contributed by atoms with E-state index >= 15 is 0 Å². The molecule has 1 aromatic carbocycles. The summed E-state index contributed by atoms with van der Waals surface area (Å²) in [6.07, 6.45) is 4.86. The van der Waals surface area contributed by atoms with Gasteiger partial charge in [0.1, 0.15) is 0 Å². The summed E-state index contributed by atoms with van der Waals surface area (Å²) in [6.45, 7) is 1.94. The monoisotopic (exact) mass is 268 g/mol. The van der Waals surface area contributed by atoms with E-state index in [-0.39, 0.29) is 0 Å². The maximum Gasteiger partial charge on any atom is 0.0346 e. The van der Waals surface area contributed by atoms with E-state index in [1.807, 2.05) is 23.7 Å². The third-order valence-electron chi connectivity index (χ3n) is 3.16. The molecule has 0 radical (unpaired) electrons. The summed E-state index contributed by atoms with van der Waals surface area (Å²) in [5.41, 5.74) is 1.32. The van der Waals surface area contributed by atoms with E-state index in [0.29, 0.717) is 0 Å². The maximum absolute atomic E-state index is 4.13. The van der Waals surface area contributed by atoms with Gasteiger partial charge in [0.25, 0.3) is 0 Å². The lowest BCUT2D eigenvalue weighted by atomic mass is 10.1. The Bertz CT molecular complexity index is 647. The lowest BCUT2D eigenvalue weighted by molar-refractivity contribution is 0.691. The molecule has 2 nitrogen and oxygen atoms in total. The largest absolute Gasteiger partial charge is 0.312 e. The van der Waals surface area contributed by atoms with Crippen LogP contribution in [-0.2, 0) is 13.0 Å². The van der Waals surface area contributed by atoms with Crippen molar-refractivity contribution >= 4 is 22.1 Å². The summed E-state index contributed by atoms with van der Waals surface area (Å²) in [7, 11) is 0. The summed E-state index contributed by atoms with van der Waals surface area (Å²) < 4.78 is 0. The molecule has 0 aliphatic carbocycles. The summed E-state index contributed by atoms with van der Waals surface area (Å²) in [5, 5.41) is 8.08. The molecule has 3 rings (SSSR count). The van der Waals surface area contributed by atoms with E-state index in [2.05, 4.69) is 52.1 Å². The van der Waals surface area contributed by atoms with E-state index in [4.69, 9.17) is 0 Å². The average Bonchev–Trinajstić information content (AvgIpc) is 2.97.